The van der Waals surface area contributed by atoms with E-state index in [9.17, 15) is 0 Å². The van der Waals surface area contributed by atoms with Crippen molar-refractivity contribution in [3.8, 4) is 0 Å². The lowest BCUT2D eigenvalue weighted by Crippen LogP contribution is -2.00. The van der Waals surface area contributed by atoms with E-state index in [0.717, 1.165) is 27.2 Å². The molecule has 0 unspecified atom stereocenters. The Bertz CT molecular complexity index is 756. The van der Waals surface area contributed by atoms with Gasteiger partial charge in [-0.25, -0.2) is 0 Å². The van der Waals surface area contributed by atoms with Gasteiger partial charge in [0.1, 0.15) is 0 Å². The molecule has 1 heterocycles. The third-order valence-electron chi connectivity index (χ3n) is 3.09. The van der Waals surface area contributed by atoms with Crippen LogP contribution in [0.1, 0.15) is 5.56 Å². The second-order valence-corrected chi connectivity index (χ2v) is 5.32. The van der Waals surface area contributed by atoms with E-state index in [2.05, 4.69) is 10.3 Å². The summed E-state index contributed by atoms with van der Waals surface area (Å²) in [7, 11) is 0. The van der Waals surface area contributed by atoms with Gasteiger partial charge in [0.05, 0.1) is 16.2 Å². The van der Waals surface area contributed by atoms with Gasteiger partial charge in [-0.3, -0.25) is 4.98 Å². The summed E-state index contributed by atoms with van der Waals surface area (Å²) in [6, 6.07) is 15.5. The van der Waals surface area contributed by atoms with E-state index >= 15 is 0 Å². The number of aromatic nitrogens is 1. The lowest BCUT2D eigenvalue weighted by atomic mass is 10.1. The SMILES string of the molecule is Clc1cccc(CNc2ccc(Cl)c3cccnc23)c1. The van der Waals surface area contributed by atoms with Crippen molar-refractivity contribution in [2.45, 2.75) is 6.54 Å². The molecule has 0 aliphatic carbocycles. The molecule has 4 heteroatoms. The van der Waals surface area contributed by atoms with Crippen LogP contribution in [0.2, 0.25) is 10.0 Å². The second kappa shape index (κ2) is 5.70. The van der Waals surface area contributed by atoms with Gasteiger partial charge in [-0.05, 0) is 42.0 Å². The zero-order valence-electron chi connectivity index (χ0n) is 10.6. The van der Waals surface area contributed by atoms with Crippen LogP contribution in [-0.4, -0.2) is 4.98 Å². The number of hydrogen-bond donors (Lipinski definition) is 1. The van der Waals surface area contributed by atoms with Crippen molar-refractivity contribution in [1.82, 2.24) is 4.98 Å². The highest BCUT2D eigenvalue weighted by molar-refractivity contribution is 6.35. The number of anilines is 1. The van der Waals surface area contributed by atoms with Crippen LogP contribution >= 0.6 is 23.2 Å². The maximum absolute atomic E-state index is 6.18. The molecule has 3 rings (SSSR count). The molecule has 0 spiro atoms. The normalized spacial score (nSPS) is 10.7. The molecule has 0 saturated carbocycles. The standard InChI is InChI=1S/C16H12Cl2N2/c17-12-4-1-3-11(9-12)10-20-15-7-6-14(18)13-5-2-8-19-16(13)15/h1-9,20H,10H2. The minimum atomic E-state index is 0.688. The van der Waals surface area contributed by atoms with Crippen LogP contribution in [-0.2, 0) is 6.54 Å². The predicted octanol–water partition coefficient (Wildman–Crippen LogP) is 5.15. The maximum Gasteiger partial charge on any atom is 0.0948 e. The van der Waals surface area contributed by atoms with Crippen molar-refractivity contribution in [3.05, 3.63) is 70.3 Å². The number of nitrogens with zero attached hydrogens (tertiary/aromatic N) is 1. The third kappa shape index (κ3) is 2.72. The van der Waals surface area contributed by atoms with Gasteiger partial charge in [-0.2, -0.15) is 0 Å². The molecule has 0 atom stereocenters. The molecule has 0 aliphatic heterocycles. The fourth-order valence-corrected chi connectivity index (χ4v) is 2.55. The number of rotatable bonds is 3. The highest BCUT2D eigenvalue weighted by atomic mass is 35.5. The number of hydrogen-bond acceptors (Lipinski definition) is 2. The molecule has 0 saturated heterocycles. The molecule has 1 N–H and O–H groups in total. The van der Waals surface area contributed by atoms with E-state index in [0.29, 0.717) is 11.6 Å². The van der Waals surface area contributed by atoms with E-state index in [1.165, 1.54) is 0 Å². The van der Waals surface area contributed by atoms with Crippen molar-refractivity contribution in [1.29, 1.82) is 0 Å². The lowest BCUT2D eigenvalue weighted by molar-refractivity contribution is 1.15. The maximum atomic E-state index is 6.18. The Morgan fingerprint density at radius 2 is 1.90 bits per heavy atom. The molecule has 0 radical (unpaired) electrons. The first-order valence-electron chi connectivity index (χ1n) is 6.25. The Hall–Kier alpha value is -1.77. The summed E-state index contributed by atoms with van der Waals surface area (Å²) in [6.45, 7) is 0.688. The highest BCUT2D eigenvalue weighted by Gasteiger charge is 2.05. The molecule has 1 aromatic heterocycles. The first kappa shape index (κ1) is 13.2. The minimum Gasteiger partial charge on any atom is -0.379 e. The van der Waals surface area contributed by atoms with E-state index in [-0.39, 0.29) is 0 Å². The number of fused-ring (bicyclic) bond motifs is 1. The van der Waals surface area contributed by atoms with E-state index in [1.54, 1.807) is 6.20 Å². The van der Waals surface area contributed by atoms with Gasteiger partial charge < -0.3 is 5.32 Å². The van der Waals surface area contributed by atoms with Gasteiger partial charge in [0, 0.05) is 23.2 Å². The monoisotopic (exact) mass is 302 g/mol. The molecule has 20 heavy (non-hydrogen) atoms. The Morgan fingerprint density at radius 3 is 2.75 bits per heavy atom. The fourth-order valence-electron chi connectivity index (χ4n) is 2.12. The number of pyridine rings is 1. The Labute approximate surface area is 127 Å². The fraction of sp³-hybridized carbons (Fsp3) is 0.0625. The van der Waals surface area contributed by atoms with Crippen LogP contribution < -0.4 is 5.32 Å². The third-order valence-corrected chi connectivity index (χ3v) is 3.65. The first-order valence-corrected chi connectivity index (χ1v) is 7.01. The average Bonchev–Trinajstić information content (AvgIpc) is 2.47. The van der Waals surface area contributed by atoms with E-state index in [1.807, 2.05) is 48.5 Å². The smallest absolute Gasteiger partial charge is 0.0948 e. The molecule has 2 nitrogen and oxygen atoms in total. The van der Waals surface area contributed by atoms with Crippen molar-refractivity contribution < 1.29 is 0 Å². The van der Waals surface area contributed by atoms with Crippen LogP contribution in [0.3, 0.4) is 0 Å². The van der Waals surface area contributed by atoms with Crippen molar-refractivity contribution in [2.75, 3.05) is 5.32 Å². The summed E-state index contributed by atoms with van der Waals surface area (Å²) in [5.74, 6) is 0. The molecular weight excluding hydrogens is 291 g/mol. The van der Waals surface area contributed by atoms with Gasteiger partial charge in [0.2, 0.25) is 0 Å². The number of benzene rings is 2. The van der Waals surface area contributed by atoms with Crippen LogP contribution in [0.5, 0.6) is 0 Å². The molecule has 0 fully saturated rings. The summed E-state index contributed by atoms with van der Waals surface area (Å²) >= 11 is 12.2. The van der Waals surface area contributed by atoms with Gasteiger partial charge >= 0.3 is 0 Å². The van der Waals surface area contributed by atoms with Crippen LogP contribution in [0.15, 0.2) is 54.7 Å². The van der Waals surface area contributed by atoms with Crippen molar-refractivity contribution in [2.24, 2.45) is 0 Å². The molecule has 0 aliphatic rings. The van der Waals surface area contributed by atoms with E-state index < -0.39 is 0 Å². The number of halogens is 2. The van der Waals surface area contributed by atoms with Crippen LogP contribution in [0.4, 0.5) is 5.69 Å². The Morgan fingerprint density at radius 1 is 1.00 bits per heavy atom. The van der Waals surface area contributed by atoms with Gasteiger partial charge in [-0.1, -0.05) is 35.3 Å². The largest absolute Gasteiger partial charge is 0.379 e. The van der Waals surface area contributed by atoms with Crippen molar-refractivity contribution in [3.63, 3.8) is 0 Å². The zero-order valence-corrected chi connectivity index (χ0v) is 12.1. The summed E-state index contributed by atoms with van der Waals surface area (Å²) < 4.78 is 0. The van der Waals surface area contributed by atoms with Crippen LogP contribution in [0.25, 0.3) is 10.9 Å². The first-order chi connectivity index (χ1) is 9.74. The summed E-state index contributed by atoms with van der Waals surface area (Å²) in [5, 5.41) is 5.78. The molecule has 0 amide bonds. The predicted molar refractivity (Wildman–Crippen MR) is 85.5 cm³/mol. The topological polar surface area (TPSA) is 24.9 Å². The van der Waals surface area contributed by atoms with Gasteiger partial charge in [0.15, 0.2) is 0 Å². The molecule has 100 valence electrons. The van der Waals surface area contributed by atoms with Gasteiger partial charge in [0.25, 0.3) is 0 Å². The number of nitrogens with one attached hydrogen (secondary N) is 1. The van der Waals surface area contributed by atoms with E-state index in [4.69, 9.17) is 23.2 Å². The zero-order chi connectivity index (χ0) is 13.9. The summed E-state index contributed by atoms with van der Waals surface area (Å²) in [4.78, 5) is 4.40. The Kier molecular flexibility index (Phi) is 3.77. The molecule has 0 bridgehead atoms. The summed E-state index contributed by atoms with van der Waals surface area (Å²) in [6.07, 6.45) is 1.77. The minimum absolute atomic E-state index is 0.688. The molecular formula is C16H12Cl2N2. The quantitative estimate of drug-likeness (QED) is 0.723. The second-order valence-electron chi connectivity index (χ2n) is 4.48. The Balaban J connectivity index is 1.90. The highest BCUT2D eigenvalue weighted by Crippen LogP contribution is 2.28. The van der Waals surface area contributed by atoms with Crippen molar-refractivity contribution >= 4 is 39.8 Å². The molecule has 2 aromatic carbocycles. The summed E-state index contributed by atoms with van der Waals surface area (Å²) in [5.41, 5.74) is 2.96. The molecule has 3 aromatic rings. The van der Waals surface area contributed by atoms with Gasteiger partial charge in [-0.15, -0.1) is 0 Å². The average molecular weight is 303 g/mol. The lowest BCUT2D eigenvalue weighted by Gasteiger charge is -2.10. The van der Waals surface area contributed by atoms with Crippen LogP contribution in [0, 0.1) is 0 Å².